The van der Waals surface area contributed by atoms with Crippen LogP contribution in [0.3, 0.4) is 0 Å². The van der Waals surface area contributed by atoms with Crippen LogP contribution in [0, 0.1) is 6.92 Å². The van der Waals surface area contributed by atoms with Crippen molar-refractivity contribution in [2.24, 2.45) is 4.99 Å². The average molecular weight is 441 g/mol. The molecule has 2 aromatic rings. The van der Waals surface area contributed by atoms with Crippen molar-refractivity contribution in [3.63, 3.8) is 0 Å². The van der Waals surface area contributed by atoms with Gasteiger partial charge in [-0.05, 0) is 60.2 Å². The zero-order valence-corrected chi connectivity index (χ0v) is 20.0. The first kappa shape index (κ1) is 23.7. The molecular weight excluding hydrogens is 404 g/mol. The number of nitrogens with one attached hydrogen (secondary N) is 2. The fourth-order valence-electron chi connectivity index (χ4n) is 4.03. The average Bonchev–Trinajstić information content (AvgIpc) is 2.82. The summed E-state index contributed by atoms with van der Waals surface area (Å²) in [7, 11) is 6.89. The van der Waals surface area contributed by atoms with E-state index in [1.807, 2.05) is 0 Å². The lowest BCUT2D eigenvalue weighted by atomic mass is 9.99. The van der Waals surface area contributed by atoms with Gasteiger partial charge in [0.05, 0.1) is 21.3 Å². The van der Waals surface area contributed by atoms with E-state index in [0.29, 0.717) is 0 Å². The molecule has 0 aliphatic carbocycles. The number of aliphatic imine (C=N–C) groups is 1. The number of hydrogen-bond acceptors (Lipinski definition) is 5. The molecule has 1 aliphatic heterocycles. The van der Waals surface area contributed by atoms with Gasteiger partial charge in [0.2, 0.25) is 0 Å². The number of rotatable bonds is 9. The minimum Gasteiger partial charge on any atom is -0.496 e. The summed E-state index contributed by atoms with van der Waals surface area (Å²) in [6, 6.07) is 10.6. The van der Waals surface area contributed by atoms with E-state index in [1.54, 1.807) is 28.4 Å². The van der Waals surface area contributed by atoms with Gasteiger partial charge in [0.1, 0.15) is 5.75 Å². The van der Waals surface area contributed by atoms with Crippen LogP contribution in [-0.4, -0.2) is 65.4 Å². The molecule has 0 spiro atoms. The van der Waals surface area contributed by atoms with Crippen molar-refractivity contribution < 1.29 is 14.2 Å². The third-order valence-electron chi connectivity index (χ3n) is 5.92. The van der Waals surface area contributed by atoms with Crippen LogP contribution < -0.4 is 24.8 Å². The van der Waals surface area contributed by atoms with Gasteiger partial charge in [-0.2, -0.15) is 0 Å². The Labute approximate surface area is 191 Å². The summed E-state index contributed by atoms with van der Waals surface area (Å²) in [6.45, 7) is 6.60. The van der Waals surface area contributed by atoms with Gasteiger partial charge in [0.25, 0.3) is 0 Å². The molecule has 0 amide bonds. The highest BCUT2D eigenvalue weighted by Crippen LogP contribution is 2.33. The maximum atomic E-state index is 5.47. The van der Waals surface area contributed by atoms with Gasteiger partial charge in [0.15, 0.2) is 17.5 Å². The molecule has 1 aliphatic rings. The van der Waals surface area contributed by atoms with E-state index < -0.39 is 0 Å². The van der Waals surface area contributed by atoms with Crippen LogP contribution in [0.5, 0.6) is 17.2 Å². The van der Waals surface area contributed by atoms with E-state index in [9.17, 15) is 0 Å². The van der Waals surface area contributed by atoms with Gasteiger partial charge >= 0.3 is 0 Å². The van der Waals surface area contributed by atoms with Crippen molar-refractivity contribution in [3.05, 3.63) is 52.6 Å². The summed E-state index contributed by atoms with van der Waals surface area (Å²) < 4.78 is 16.3. The Hall–Kier alpha value is -2.93. The van der Waals surface area contributed by atoms with Gasteiger partial charge in [0, 0.05) is 39.8 Å². The third kappa shape index (κ3) is 6.07. The van der Waals surface area contributed by atoms with Crippen molar-refractivity contribution in [1.82, 2.24) is 15.5 Å². The predicted molar refractivity (Wildman–Crippen MR) is 129 cm³/mol. The topological polar surface area (TPSA) is 67.4 Å². The molecule has 174 valence electrons. The highest BCUT2D eigenvalue weighted by molar-refractivity contribution is 5.79. The normalized spacial score (nSPS) is 14.0. The monoisotopic (exact) mass is 440 g/mol. The number of fused-ring (bicyclic) bond motifs is 1. The molecule has 32 heavy (non-hydrogen) atoms. The molecule has 7 heteroatoms. The van der Waals surface area contributed by atoms with Crippen LogP contribution in [0.4, 0.5) is 0 Å². The SMILES string of the molecule is CN=C(NCCc1ccc(C)c(OC)c1)NCCN1CCc2cc(OC)c(OC)cc2C1. The lowest BCUT2D eigenvalue weighted by molar-refractivity contribution is 0.256. The molecule has 0 unspecified atom stereocenters. The van der Waals surface area contributed by atoms with Crippen LogP contribution in [0.25, 0.3) is 0 Å². The fourth-order valence-corrected chi connectivity index (χ4v) is 4.03. The number of hydrogen-bond donors (Lipinski definition) is 2. The Balaban J connectivity index is 1.43. The summed E-state index contributed by atoms with van der Waals surface area (Å²) >= 11 is 0. The van der Waals surface area contributed by atoms with Crippen LogP contribution >= 0.6 is 0 Å². The first-order valence-electron chi connectivity index (χ1n) is 11.1. The number of methoxy groups -OCH3 is 3. The smallest absolute Gasteiger partial charge is 0.191 e. The maximum absolute atomic E-state index is 5.47. The molecule has 0 radical (unpaired) electrons. The van der Waals surface area contributed by atoms with Gasteiger partial charge in [-0.1, -0.05) is 12.1 Å². The Morgan fingerprint density at radius 1 is 0.938 bits per heavy atom. The van der Waals surface area contributed by atoms with Crippen molar-refractivity contribution in [1.29, 1.82) is 0 Å². The molecule has 2 aromatic carbocycles. The minimum absolute atomic E-state index is 0.794. The number of guanidine groups is 1. The highest BCUT2D eigenvalue weighted by atomic mass is 16.5. The lowest BCUT2D eigenvalue weighted by Crippen LogP contribution is -2.43. The Morgan fingerprint density at radius 2 is 1.62 bits per heavy atom. The molecule has 0 bridgehead atoms. The number of benzene rings is 2. The van der Waals surface area contributed by atoms with Crippen molar-refractivity contribution in [3.8, 4) is 17.2 Å². The van der Waals surface area contributed by atoms with E-state index in [4.69, 9.17) is 14.2 Å². The first-order valence-corrected chi connectivity index (χ1v) is 11.1. The molecular formula is C25H36N4O3. The summed E-state index contributed by atoms with van der Waals surface area (Å²) in [5.74, 6) is 3.36. The maximum Gasteiger partial charge on any atom is 0.191 e. The molecule has 1 heterocycles. The zero-order valence-electron chi connectivity index (χ0n) is 20.0. The second-order valence-corrected chi connectivity index (χ2v) is 7.98. The van der Waals surface area contributed by atoms with Gasteiger partial charge in [-0.25, -0.2) is 0 Å². The molecule has 0 atom stereocenters. The Bertz CT molecular complexity index is 930. The van der Waals surface area contributed by atoms with E-state index in [-0.39, 0.29) is 0 Å². The molecule has 0 saturated carbocycles. The van der Waals surface area contributed by atoms with Crippen molar-refractivity contribution >= 4 is 5.96 Å². The lowest BCUT2D eigenvalue weighted by Gasteiger charge is -2.29. The summed E-state index contributed by atoms with van der Waals surface area (Å²) in [6.07, 6.45) is 1.92. The second-order valence-electron chi connectivity index (χ2n) is 7.98. The van der Waals surface area contributed by atoms with Gasteiger partial charge < -0.3 is 24.8 Å². The summed E-state index contributed by atoms with van der Waals surface area (Å²) in [5.41, 5.74) is 5.05. The van der Waals surface area contributed by atoms with E-state index in [0.717, 1.165) is 74.3 Å². The van der Waals surface area contributed by atoms with Crippen LogP contribution in [-0.2, 0) is 19.4 Å². The van der Waals surface area contributed by atoms with Crippen molar-refractivity contribution in [2.45, 2.75) is 26.3 Å². The van der Waals surface area contributed by atoms with Crippen LogP contribution in [0.15, 0.2) is 35.3 Å². The molecule has 7 nitrogen and oxygen atoms in total. The highest BCUT2D eigenvalue weighted by Gasteiger charge is 2.19. The van der Waals surface area contributed by atoms with Gasteiger partial charge in [-0.15, -0.1) is 0 Å². The quantitative estimate of drug-likeness (QED) is 0.462. The van der Waals surface area contributed by atoms with Crippen LogP contribution in [0.2, 0.25) is 0 Å². The predicted octanol–water partition coefficient (Wildman–Crippen LogP) is 2.79. The van der Waals surface area contributed by atoms with E-state index in [2.05, 4.69) is 57.8 Å². The van der Waals surface area contributed by atoms with Crippen LogP contribution in [0.1, 0.15) is 22.3 Å². The third-order valence-corrected chi connectivity index (χ3v) is 5.92. The minimum atomic E-state index is 0.794. The molecule has 0 aromatic heterocycles. The number of aryl methyl sites for hydroxylation is 1. The molecule has 0 saturated heterocycles. The summed E-state index contributed by atoms with van der Waals surface area (Å²) in [4.78, 5) is 6.80. The molecule has 0 fully saturated rings. The molecule has 3 rings (SSSR count). The van der Waals surface area contributed by atoms with Gasteiger partial charge in [-0.3, -0.25) is 9.89 Å². The Kier molecular flexibility index (Phi) is 8.62. The summed E-state index contributed by atoms with van der Waals surface area (Å²) in [5, 5.41) is 6.83. The van der Waals surface area contributed by atoms with E-state index >= 15 is 0 Å². The largest absolute Gasteiger partial charge is 0.496 e. The fraction of sp³-hybridized carbons (Fsp3) is 0.480. The first-order chi connectivity index (χ1) is 15.6. The molecule has 2 N–H and O–H groups in total. The van der Waals surface area contributed by atoms with Crippen molar-refractivity contribution in [2.75, 3.05) is 54.6 Å². The van der Waals surface area contributed by atoms with E-state index in [1.165, 1.54) is 16.7 Å². The Morgan fingerprint density at radius 3 is 2.31 bits per heavy atom. The standard InChI is InChI=1S/C25H36N4O3/c1-18-6-7-19(14-22(18)30-3)8-10-27-25(26-2)28-11-13-29-12-9-20-15-23(31-4)24(32-5)16-21(20)17-29/h6-7,14-16H,8-13,17H2,1-5H3,(H2,26,27,28). The zero-order chi connectivity index (χ0) is 22.9. The number of nitrogens with zero attached hydrogens (tertiary/aromatic N) is 2. The second kappa shape index (κ2) is 11.6. The number of ether oxygens (including phenoxy) is 3.